The molecule has 1 amide bonds. The average molecular weight is 518 g/mol. The van der Waals surface area contributed by atoms with Crippen LogP contribution < -0.4 is 10.2 Å². The van der Waals surface area contributed by atoms with Gasteiger partial charge in [-0.1, -0.05) is 6.07 Å². The highest BCUT2D eigenvalue weighted by molar-refractivity contribution is 7.89. The Kier molecular flexibility index (Phi) is 7.94. The smallest absolute Gasteiger partial charge is 0.325 e. The van der Waals surface area contributed by atoms with Gasteiger partial charge in [0, 0.05) is 37.4 Å². The quantitative estimate of drug-likeness (QED) is 0.529. The number of carbonyl (C=O) groups is 2. The lowest BCUT2D eigenvalue weighted by molar-refractivity contribution is -0.150. The Morgan fingerprint density at radius 3 is 2.44 bits per heavy atom. The van der Waals surface area contributed by atoms with E-state index >= 15 is 0 Å². The zero-order valence-electron chi connectivity index (χ0n) is 20.3. The molecular weight excluding hydrogens is 486 g/mol. The van der Waals surface area contributed by atoms with Crippen molar-refractivity contribution in [1.82, 2.24) is 4.31 Å². The van der Waals surface area contributed by atoms with Crippen LogP contribution in [0.25, 0.3) is 0 Å². The fraction of sp³-hybridized carbons (Fsp3) is 0.440. The van der Waals surface area contributed by atoms with Crippen LogP contribution >= 0.6 is 0 Å². The predicted molar refractivity (Wildman–Crippen MR) is 133 cm³/mol. The Labute approximate surface area is 210 Å². The van der Waals surface area contributed by atoms with Gasteiger partial charge in [0.15, 0.2) is 6.61 Å². The summed E-state index contributed by atoms with van der Waals surface area (Å²) in [5.41, 5.74) is 3.30. The van der Waals surface area contributed by atoms with Gasteiger partial charge in [0.1, 0.15) is 6.04 Å². The maximum absolute atomic E-state index is 13.2. The molecule has 2 aliphatic rings. The van der Waals surface area contributed by atoms with Crippen molar-refractivity contribution >= 4 is 33.3 Å². The monoisotopic (exact) mass is 517 g/mol. The van der Waals surface area contributed by atoms with E-state index in [1.165, 1.54) is 12.1 Å². The van der Waals surface area contributed by atoms with Crippen LogP contribution in [0, 0.1) is 13.8 Å². The Bertz CT molecular complexity index is 1210. The molecule has 194 valence electrons. The van der Waals surface area contributed by atoms with Crippen LogP contribution in [-0.4, -0.2) is 81.3 Å². The molecule has 0 aromatic heterocycles. The first kappa shape index (κ1) is 26.1. The molecule has 2 aliphatic heterocycles. The van der Waals surface area contributed by atoms with Crippen LogP contribution in [0.15, 0.2) is 47.4 Å². The fourth-order valence-electron chi connectivity index (χ4n) is 4.28. The van der Waals surface area contributed by atoms with Crippen molar-refractivity contribution in [2.24, 2.45) is 0 Å². The topological polar surface area (TPSA) is 125 Å². The van der Waals surface area contributed by atoms with Crippen molar-refractivity contribution in [1.29, 1.82) is 0 Å². The standard InChI is InChI=1S/C25H31N3O7S/c1-17-3-8-22(13-18(17)2)36(32,33)28-15-21(29)14-23(28)25(31)35-16-24(30)26-19-4-6-20(7-5-19)27-9-11-34-12-10-27/h3-8,13,21,23,29H,9-12,14-16H2,1-2H3,(H,26,30)/t21-,23-/m1/s1. The van der Waals surface area contributed by atoms with Gasteiger partial charge in [-0.2, -0.15) is 4.31 Å². The molecule has 10 nitrogen and oxygen atoms in total. The van der Waals surface area contributed by atoms with Gasteiger partial charge >= 0.3 is 5.97 Å². The van der Waals surface area contributed by atoms with Crippen molar-refractivity contribution in [3.63, 3.8) is 0 Å². The van der Waals surface area contributed by atoms with Crippen LogP contribution in [0.3, 0.4) is 0 Å². The summed E-state index contributed by atoms with van der Waals surface area (Å²) in [7, 11) is -4.05. The summed E-state index contributed by atoms with van der Waals surface area (Å²) in [5, 5.41) is 12.8. The van der Waals surface area contributed by atoms with Crippen LogP contribution in [0.1, 0.15) is 17.5 Å². The first-order chi connectivity index (χ1) is 17.1. The van der Waals surface area contributed by atoms with E-state index in [0.29, 0.717) is 18.9 Å². The number of sulfonamides is 1. The van der Waals surface area contributed by atoms with E-state index in [1.807, 2.05) is 19.1 Å². The van der Waals surface area contributed by atoms with Gasteiger partial charge in [0.25, 0.3) is 5.91 Å². The lowest BCUT2D eigenvalue weighted by atomic mass is 10.1. The highest BCUT2D eigenvalue weighted by Gasteiger charge is 2.44. The summed E-state index contributed by atoms with van der Waals surface area (Å²) in [4.78, 5) is 27.3. The largest absolute Gasteiger partial charge is 0.454 e. The van der Waals surface area contributed by atoms with Crippen molar-refractivity contribution < 1.29 is 32.6 Å². The number of hydrogen-bond donors (Lipinski definition) is 2. The highest BCUT2D eigenvalue weighted by Crippen LogP contribution is 2.28. The molecule has 0 radical (unpaired) electrons. The number of nitrogens with zero attached hydrogens (tertiary/aromatic N) is 2. The second kappa shape index (κ2) is 11.0. The number of aryl methyl sites for hydroxylation is 2. The average Bonchev–Trinajstić information content (AvgIpc) is 3.28. The minimum Gasteiger partial charge on any atom is -0.454 e. The van der Waals surface area contributed by atoms with E-state index < -0.39 is 40.7 Å². The number of benzene rings is 2. The summed E-state index contributed by atoms with van der Waals surface area (Å²) in [5.74, 6) is -1.43. The second-order valence-corrected chi connectivity index (χ2v) is 10.9. The molecule has 2 N–H and O–H groups in total. The number of carbonyl (C=O) groups excluding carboxylic acids is 2. The molecule has 2 atom stereocenters. The number of anilines is 2. The van der Waals surface area contributed by atoms with E-state index in [2.05, 4.69) is 10.2 Å². The lowest BCUT2D eigenvalue weighted by Gasteiger charge is -2.28. The molecule has 0 bridgehead atoms. The molecule has 4 rings (SSSR count). The van der Waals surface area contributed by atoms with E-state index in [4.69, 9.17) is 9.47 Å². The first-order valence-corrected chi connectivity index (χ1v) is 13.3. The van der Waals surface area contributed by atoms with Crippen LogP contribution in [0.5, 0.6) is 0 Å². The predicted octanol–water partition coefficient (Wildman–Crippen LogP) is 1.45. The molecule has 0 saturated carbocycles. The molecule has 2 fully saturated rings. The summed E-state index contributed by atoms with van der Waals surface area (Å²) in [6, 6.07) is 10.8. The van der Waals surface area contributed by atoms with E-state index in [0.717, 1.165) is 34.2 Å². The first-order valence-electron chi connectivity index (χ1n) is 11.8. The Morgan fingerprint density at radius 1 is 1.08 bits per heavy atom. The Balaban J connectivity index is 1.35. The molecule has 0 aliphatic carbocycles. The Morgan fingerprint density at radius 2 is 1.78 bits per heavy atom. The van der Waals surface area contributed by atoms with Gasteiger partial charge in [0.05, 0.1) is 24.2 Å². The third-order valence-corrected chi connectivity index (χ3v) is 8.33. The van der Waals surface area contributed by atoms with E-state index in [9.17, 15) is 23.1 Å². The van der Waals surface area contributed by atoms with E-state index in [1.54, 1.807) is 25.1 Å². The highest BCUT2D eigenvalue weighted by atomic mass is 32.2. The van der Waals surface area contributed by atoms with Crippen LogP contribution in [0.2, 0.25) is 0 Å². The number of β-amino-alcohol motifs (C(OH)–C–C–N with tert-alkyl or cyclic N) is 1. The summed E-state index contributed by atoms with van der Waals surface area (Å²) in [6.07, 6.45) is -1.12. The van der Waals surface area contributed by atoms with Crippen molar-refractivity contribution in [3.8, 4) is 0 Å². The third kappa shape index (κ3) is 5.86. The number of esters is 1. The van der Waals surface area contributed by atoms with Gasteiger partial charge in [-0.25, -0.2) is 8.42 Å². The number of ether oxygens (including phenoxy) is 2. The van der Waals surface area contributed by atoms with Gasteiger partial charge in [-0.15, -0.1) is 0 Å². The number of amides is 1. The van der Waals surface area contributed by atoms with Crippen LogP contribution in [-0.2, 0) is 29.1 Å². The number of aliphatic hydroxyl groups is 1. The molecule has 11 heteroatoms. The zero-order valence-corrected chi connectivity index (χ0v) is 21.2. The molecule has 2 aromatic carbocycles. The normalized spacial score (nSPS) is 20.8. The minimum absolute atomic E-state index is 0.0377. The summed E-state index contributed by atoms with van der Waals surface area (Å²) in [6.45, 7) is 5.81. The molecule has 2 heterocycles. The van der Waals surface area contributed by atoms with Gasteiger partial charge in [0.2, 0.25) is 10.0 Å². The van der Waals surface area contributed by atoms with Crippen molar-refractivity contribution in [2.75, 3.05) is 49.7 Å². The number of rotatable bonds is 7. The number of morpholine rings is 1. The van der Waals surface area contributed by atoms with Gasteiger partial charge in [-0.05, 0) is 61.4 Å². The number of nitrogens with one attached hydrogen (secondary N) is 1. The number of aliphatic hydroxyl groups excluding tert-OH is 1. The molecular formula is C25H31N3O7S. The van der Waals surface area contributed by atoms with Crippen molar-refractivity contribution in [3.05, 3.63) is 53.6 Å². The maximum atomic E-state index is 13.2. The second-order valence-electron chi connectivity index (χ2n) is 9.03. The molecule has 0 unspecified atom stereocenters. The molecule has 0 spiro atoms. The van der Waals surface area contributed by atoms with Gasteiger partial charge < -0.3 is 24.8 Å². The SMILES string of the molecule is Cc1ccc(S(=O)(=O)N2C[C@H](O)C[C@@H]2C(=O)OCC(=O)Nc2ccc(N3CCOCC3)cc2)cc1C. The summed E-state index contributed by atoms with van der Waals surface area (Å²) < 4.78 is 37.8. The molecule has 36 heavy (non-hydrogen) atoms. The van der Waals surface area contributed by atoms with Crippen LogP contribution in [0.4, 0.5) is 11.4 Å². The summed E-state index contributed by atoms with van der Waals surface area (Å²) >= 11 is 0. The minimum atomic E-state index is -4.05. The zero-order chi connectivity index (χ0) is 25.9. The fourth-order valence-corrected chi connectivity index (χ4v) is 5.99. The Hall–Kier alpha value is -2.99. The van der Waals surface area contributed by atoms with Gasteiger partial charge in [-0.3, -0.25) is 9.59 Å². The maximum Gasteiger partial charge on any atom is 0.325 e. The molecule has 2 saturated heterocycles. The van der Waals surface area contributed by atoms with E-state index in [-0.39, 0.29) is 17.9 Å². The molecule has 2 aromatic rings. The van der Waals surface area contributed by atoms with Crippen molar-refractivity contribution in [2.45, 2.75) is 37.3 Å². The number of hydrogen-bond acceptors (Lipinski definition) is 8. The third-order valence-electron chi connectivity index (χ3n) is 6.46. The lowest BCUT2D eigenvalue weighted by Crippen LogP contribution is -2.42.